The number of hydrogen-bond donors (Lipinski definition) is 1. The predicted octanol–water partition coefficient (Wildman–Crippen LogP) is 1.47. The Labute approximate surface area is 124 Å². The average Bonchev–Trinajstić information content (AvgIpc) is 2.51. The third-order valence-electron chi connectivity index (χ3n) is 3.64. The number of terminal acetylenes is 1. The second-order valence-corrected chi connectivity index (χ2v) is 4.98. The van der Waals surface area contributed by atoms with Gasteiger partial charge in [-0.2, -0.15) is 0 Å². The molecule has 0 radical (unpaired) electrons. The molecule has 1 amide bonds. The molecule has 1 fully saturated rings. The number of amides is 1. The third-order valence-corrected chi connectivity index (χ3v) is 3.64. The molecule has 0 aliphatic heterocycles. The zero-order chi connectivity index (χ0) is 15.5. The molecule has 0 heterocycles. The minimum atomic E-state index is -0.499. The summed E-state index contributed by atoms with van der Waals surface area (Å²) in [4.78, 5) is 16.3. The van der Waals surface area contributed by atoms with Gasteiger partial charge in [0.25, 0.3) is 0 Å². The van der Waals surface area contributed by atoms with E-state index >= 15 is 0 Å². The molecule has 0 spiro atoms. The van der Waals surface area contributed by atoms with E-state index in [1.807, 2.05) is 0 Å². The molecule has 0 atom stereocenters. The Kier molecular flexibility index (Phi) is 8.29. The normalized spacial score (nSPS) is 21.1. The number of nitrogens with zero attached hydrogens (tertiary/aromatic N) is 4. The zero-order valence-corrected chi connectivity index (χ0v) is 12.1. The van der Waals surface area contributed by atoms with Gasteiger partial charge in [-0.05, 0) is 31.2 Å². The van der Waals surface area contributed by atoms with Crippen LogP contribution in [0.25, 0.3) is 10.4 Å². The van der Waals surface area contributed by atoms with Crippen LogP contribution < -0.4 is 0 Å². The monoisotopic (exact) mass is 294 g/mol. The third kappa shape index (κ3) is 6.05. The molecule has 1 aliphatic carbocycles. The van der Waals surface area contributed by atoms with E-state index in [1.165, 1.54) is 0 Å². The predicted molar refractivity (Wildman–Crippen MR) is 78.3 cm³/mol. The highest BCUT2D eigenvalue weighted by Crippen LogP contribution is 2.25. The minimum absolute atomic E-state index is 0.0178. The Bertz CT molecular complexity index is 407. The highest BCUT2D eigenvalue weighted by atomic mass is 16.5. The van der Waals surface area contributed by atoms with E-state index in [-0.39, 0.29) is 18.0 Å². The molecule has 0 unspecified atom stereocenters. The molecule has 1 saturated carbocycles. The number of rotatable bonds is 8. The van der Waals surface area contributed by atoms with Gasteiger partial charge in [0.1, 0.15) is 6.61 Å². The molecule has 1 rings (SSSR count). The lowest BCUT2D eigenvalue weighted by Crippen LogP contribution is -2.45. The molecule has 0 aromatic carbocycles. The highest BCUT2D eigenvalue weighted by molar-refractivity contribution is 5.77. The van der Waals surface area contributed by atoms with E-state index in [1.54, 1.807) is 4.90 Å². The van der Waals surface area contributed by atoms with Crippen LogP contribution in [0.5, 0.6) is 0 Å². The molecule has 7 heteroatoms. The van der Waals surface area contributed by atoms with Gasteiger partial charge in [-0.3, -0.25) is 4.79 Å². The average molecular weight is 294 g/mol. The number of carbonyl (C=O) groups is 1. The number of hydrogen-bond acceptors (Lipinski definition) is 4. The maximum Gasteiger partial charge on any atom is 0.248 e. The van der Waals surface area contributed by atoms with E-state index in [0.717, 1.165) is 25.7 Å². The first-order chi connectivity index (χ1) is 10.2. The maximum atomic E-state index is 11.8. The molecule has 1 aliphatic rings. The Morgan fingerprint density at radius 2 is 2.14 bits per heavy atom. The van der Waals surface area contributed by atoms with Crippen molar-refractivity contribution in [3.8, 4) is 12.3 Å². The first-order valence-corrected chi connectivity index (χ1v) is 7.18. The molecule has 0 saturated heterocycles. The number of ether oxygens (including phenoxy) is 1. The van der Waals surface area contributed by atoms with Crippen molar-refractivity contribution in [2.24, 2.45) is 5.11 Å². The van der Waals surface area contributed by atoms with Crippen LogP contribution in [0, 0.1) is 12.3 Å². The number of carbonyl (C=O) groups excluding carboxylic acids is 1. The van der Waals surface area contributed by atoms with Crippen molar-refractivity contribution in [2.45, 2.75) is 44.2 Å². The van der Waals surface area contributed by atoms with Gasteiger partial charge >= 0.3 is 0 Å². The van der Waals surface area contributed by atoms with E-state index in [0.29, 0.717) is 26.2 Å². The summed E-state index contributed by atoms with van der Waals surface area (Å²) in [6.45, 7) is 0.826. The Morgan fingerprint density at radius 1 is 1.43 bits per heavy atom. The van der Waals surface area contributed by atoms with Crippen molar-refractivity contribution in [2.75, 3.05) is 26.4 Å². The Morgan fingerprint density at radius 3 is 2.71 bits per heavy atom. The van der Waals surface area contributed by atoms with Gasteiger partial charge in [-0.15, -0.1) is 12.3 Å². The number of aliphatic hydroxyl groups is 1. The fraction of sp³-hybridized carbons (Fsp3) is 0.786. The highest BCUT2D eigenvalue weighted by Gasteiger charge is 2.27. The first-order valence-electron chi connectivity index (χ1n) is 7.18. The van der Waals surface area contributed by atoms with Gasteiger partial charge in [0.15, 0.2) is 0 Å². The molecular formula is C14H22N4O3. The van der Waals surface area contributed by atoms with Gasteiger partial charge < -0.3 is 14.7 Å². The first kappa shape index (κ1) is 17.3. The Hall–Kier alpha value is -1.74. The lowest BCUT2D eigenvalue weighted by Gasteiger charge is -2.35. The van der Waals surface area contributed by atoms with Crippen LogP contribution in [-0.4, -0.2) is 54.4 Å². The van der Waals surface area contributed by atoms with Crippen molar-refractivity contribution in [3.05, 3.63) is 10.4 Å². The topological polar surface area (TPSA) is 98.5 Å². The SMILES string of the molecule is C#CCCOCCN(C(=O)CO)C1CCC(N=[N+]=[N-])CC1. The van der Waals surface area contributed by atoms with Crippen molar-refractivity contribution in [1.82, 2.24) is 4.90 Å². The quantitative estimate of drug-likeness (QED) is 0.241. The fourth-order valence-electron chi connectivity index (χ4n) is 2.56. The second kappa shape index (κ2) is 10.1. The van der Waals surface area contributed by atoms with Crippen LogP contribution in [-0.2, 0) is 9.53 Å². The van der Waals surface area contributed by atoms with Crippen LogP contribution in [0.4, 0.5) is 0 Å². The standard InChI is InChI=1S/C14H22N4O3/c1-2-3-9-21-10-8-18(14(20)11-19)13-6-4-12(5-7-13)16-17-15/h1,12-13,19H,3-11H2. The lowest BCUT2D eigenvalue weighted by atomic mass is 9.90. The molecule has 0 bridgehead atoms. The lowest BCUT2D eigenvalue weighted by molar-refractivity contribution is -0.138. The molecular weight excluding hydrogens is 272 g/mol. The summed E-state index contributed by atoms with van der Waals surface area (Å²) in [5.41, 5.74) is 8.44. The van der Waals surface area contributed by atoms with Gasteiger partial charge in [0, 0.05) is 30.0 Å². The van der Waals surface area contributed by atoms with E-state index in [2.05, 4.69) is 15.9 Å². The maximum absolute atomic E-state index is 11.8. The molecule has 21 heavy (non-hydrogen) atoms. The summed E-state index contributed by atoms with van der Waals surface area (Å²) in [5, 5.41) is 12.8. The second-order valence-electron chi connectivity index (χ2n) is 4.98. The molecule has 0 aromatic rings. The summed E-state index contributed by atoms with van der Waals surface area (Å²) >= 11 is 0. The fourth-order valence-corrected chi connectivity index (χ4v) is 2.56. The molecule has 1 N–H and O–H groups in total. The molecule has 116 valence electrons. The van der Waals surface area contributed by atoms with Crippen LogP contribution in [0.2, 0.25) is 0 Å². The van der Waals surface area contributed by atoms with Gasteiger partial charge in [-0.1, -0.05) is 5.11 Å². The van der Waals surface area contributed by atoms with Crippen molar-refractivity contribution >= 4 is 5.91 Å². The van der Waals surface area contributed by atoms with Crippen molar-refractivity contribution in [3.63, 3.8) is 0 Å². The van der Waals surface area contributed by atoms with Crippen molar-refractivity contribution in [1.29, 1.82) is 0 Å². The molecule has 7 nitrogen and oxygen atoms in total. The largest absolute Gasteiger partial charge is 0.387 e. The van der Waals surface area contributed by atoms with Gasteiger partial charge in [0.05, 0.1) is 13.2 Å². The minimum Gasteiger partial charge on any atom is -0.387 e. The van der Waals surface area contributed by atoms with Crippen molar-refractivity contribution < 1.29 is 14.6 Å². The van der Waals surface area contributed by atoms with Gasteiger partial charge in [0.2, 0.25) is 5.91 Å². The molecule has 0 aromatic heterocycles. The van der Waals surface area contributed by atoms with Crippen LogP contribution in [0.15, 0.2) is 5.11 Å². The van der Waals surface area contributed by atoms with Crippen LogP contribution in [0.1, 0.15) is 32.1 Å². The van der Waals surface area contributed by atoms with E-state index < -0.39 is 6.61 Å². The summed E-state index contributed by atoms with van der Waals surface area (Å²) in [6.07, 6.45) is 8.77. The summed E-state index contributed by atoms with van der Waals surface area (Å²) in [7, 11) is 0. The summed E-state index contributed by atoms with van der Waals surface area (Å²) < 4.78 is 5.37. The van der Waals surface area contributed by atoms with Crippen LogP contribution in [0.3, 0.4) is 0 Å². The zero-order valence-electron chi connectivity index (χ0n) is 12.1. The van der Waals surface area contributed by atoms with Crippen LogP contribution >= 0.6 is 0 Å². The van der Waals surface area contributed by atoms with E-state index in [9.17, 15) is 4.79 Å². The number of azide groups is 1. The van der Waals surface area contributed by atoms with Gasteiger partial charge in [-0.25, -0.2) is 0 Å². The summed E-state index contributed by atoms with van der Waals surface area (Å²) in [6, 6.07) is 0.0928. The Balaban J connectivity index is 2.45. The summed E-state index contributed by atoms with van der Waals surface area (Å²) in [5.74, 6) is 2.20. The van der Waals surface area contributed by atoms with E-state index in [4.69, 9.17) is 21.8 Å². The number of aliphatic hydroxyl groups excluding tert-OH is 1. The smallest absolute Gasteiger partial charge is 0.248 e.